The van der Waals surface area contributed by atoms with Crippen LogP contribution >= 0.6 is 11.3 Å². The molecule has 2 heterocycles. The predicted octanol–water partition coefficient (Wildman–Crippen LogP) is 4.21. The molecular formula is C19H23N3O3S. The third-order valence-corrected chi connectivity index (χ3v) is 5.45. The van der Waals surface area contributed by atoms with Crippen molar-refractivity contribution in [3.8, 4) is 17.0 Å². The Labute approximate surface area is 157 Å². The van der Waals surface area contributed by atoms with Gasteiger partial charge in [0.1, 0.15) is 5.75 Å². The maximum atomic E-state index is 12.3. The van der Waals surface area contributed by atoms with E-state index in [0.717, 1.165) is 29.0 Å². The Morgan fingerprint density at radius 3 is 2.81 bits per heavy atom. The Hall–Kier alpha value is -2.41. The summed E-state index contributed by atoms with van der Waals surface area (Å²) in [4.78, 5) is 29.7. The molecular weight excluding hydrogens is 350 g/mol. The Balaban J connectivity index is 1.85. The van der Waals surface area contributed by atoms with Gasteiger partial charge in [-0.1, -0.05) is 13.8 Å². The number of amides is 2. The second-order valence-electron chi connectivity index (χ2n) is 6.39. The van der Waals surface area contributed by atoms with Crippen LogP contribution in [0.1, 0.15) is 38.5 Å². The number of anilines is 2. The van der Waals surface area contributed by atoms with E-state index in [9.17, 15) is 9.59 Å². The summed E-state index contributed by atoms with van der Waals surface area (Å²) in [5.74, 6) is 0.495. The van der Waals surface area contributed by atoms with Crippen LogP contribution in [-0.4, -0.2) is 22.9 Å². The highest BCUT2D eigenvalue weighted by Gasteiger charge is 2.24. The Bertz CT molecular complexity index is 843. The van der Waals surface area contributed by atoms with Crippen LogP contribution in [0.15, 0.2) is 18.2 Å². The molecule has 1 unspecified atom stereocenters. The fraction of sp³-hybridized carbons (Fsp3) is 0.421. The quantitative estimate of drug-likeness (QED) is 0.823. The van der Waals surface area contributed by atoms with Crippen molar-refractivity contribution in [1.82, 2.24) is 4.98 Å². The zero-order chi connectivity index (χ0) is 18.8. The van der Waals surface area contributed by atoms with E-state index in [-0.39, 0.29) is 17.7 Å². The molecule has 0 bridgehead atoms. The van der Waals surface area contributed by atoms with Crippen LogP contribution < -0.4 is 15.4 Å². The van der Waals surface area contributed by atoms with Gasteiger partial charge in [-0.3, -0.25) is 9.59 Å². The Kier molecular flexibility index (Phi) is 5.27. The second kappa shape index (κ2) is 7.45. The predicted molar refractivity (Wildman–Crippen MR) is 104 cm³/mol. The van der Waals surface area contributed by atoms with E-state index in [2.05, 4.69) is 15.6 Å². The zero-order valence-corrected chi connectivity index (χ0v) is 16.2. The number of nitrogens with zero attached hydrogens (tertiary/aromatic N) is 1. The molecule has 1 atom stereocenters. The number of thiazole rings is 1. The number of ether oxygens (including phenoxy) is 1. The molecule has 1 aromatic carbocycles. The molecule has 0 radical (unpaired) electrons. The van der Waals surface area contributed by atoms with Crippen molar-refractivity contribution >= 4 is 34.0 Å². The maximum Gasteiger partial charge on any atom is 0.265 e. The number of rotatable bonds is 5. The van der Waals surface area contributed by atoms with Crippen LogP contribution in [0.3, 0.4) is 0 Å². The third kappa shape index (κ3) is 3.58. The van der Waals surface area contributed by atoms with Crippen LogP contribution in [0.5, 0.6) is 5.75 Å². The van der Waals surface area contributed by atoms with Gasteiger partial charge in [-0.05, 0) is 44.9 Å². The van der Waals surface area contributed by atoms with Gasteiger partial charge in [0.25, 0.3) is 5.91 Å². The van der Waals surface area contributed by atoms with Crippen molar-refractivity contribution in [3.05, 3.63) is 23.1 Å². The van der Waals surface area contributed by atoms with E-state index < -0.39 is 6.10 Å². The summed E-state index contributed by atoms with van der Waals surface area (Å²) in [7, 11) is 0. The average molecular weight is 373 g/mol. The van der Waals surface area contributed by atoms with Gasteiger partial charge in [0.05, 0.1) is 11.4 Å². The number of fused-ring (bicyclic) bond motifs is 1. The molecule has 1 aromatic heterocycles. The van der Waals surface area contributed by atoms with Crippen LogP contribution in [0.2, 0.25) is 0 Å². The van der Waals surface area contributed by atoms with Crippen molar-refractivity contribution in [2.24, 2.45) is 5.92 Å². The molecule has 26 heavy (non-hydrogen) atoms. The van der Waals surface area contributed by atoms with Crippen molar-refractivity contribution in [1.29, 1.82) is 0 Å². The molecule has 0 fully saturated rings. The summed E-state index contributed by atoms with van der Waals surface area (Å²) in [5.41, 5.74) is 2.31. The van der Waals surface area contributed by atoms with Crippen LogP contribution in [-0.2, 0) is 9.59 Å². The van der Waals surface area contributed by atoms with Crippen LogP contribution in [0, 0.1) is 12.8 Å². The number of aryl methyl sites for hydroxylation is 1. The monoisotopic (exact) mass is 373 g/mol. The molecule has 2 aromatic rings. The van der Waals surface area contributed by atoms with E-state index in [1.165, 1.54) is 11.3 Å². The van der Waals surface area contributed by atoms with E-state index >= 15 is 0 Å². The summed E-state index contributed by atoms with van der Waals surface area (Å²) in [6.07, 6.45) is 1.12. The van der Waals surface area contributed by atoms with Crippen LogP contribution in [0.25, 0.3) is 11.3 Å². The molecule has 138 valence electrons. The van der Waals surface area contributed by atoms with Gasteiger partial charge in [0.2, 0.25) is 5.91 Å². The third-order valence-electron chi connectivity index (χ3n) is 4.57. The van der Waals surface area contributed by atoms with Gasteiger partial charge in [0.15, 0.2) is 11.2 Å². The zero-order valence-electron chi connectivity index (χ0n) is 15.4. The van der Waals surface area contributed by atoms with E-state index in [1.54, 1.807) is 6.92 Å². The lowest BCUT2D eigenvalue weighted by Crippen LogP contribution is -2.34. The van der Waals surface area contributed by atoms with Crippen molar-refractivity contribution in [2.75, 3.05) is 10.6 Å². The number of benzene rings is 1. The fourth-order valence-electron chi connectivity index (χ4n) is 2.94. The Morgan fingerprint density at radius 1 is 1.38 bits per heavy atom. The van der Waals surface area contributed by atoms with Gasteiger partial charge in [-0.2, -0.15) is 0 Å². The van der Waals surface area contributed by atoms with E-state index in [4.69, 9.17) is 4.74 Å². The van der Waals surface area contributed by atoms with Gasteiger partial charge in [0, 0.05) is 16.4 Å². The molecule has 7 heteroatoms. The smallest absolute Gasteiger partial charge is 0.265 e. The summed E-state index contributed by atoms with van der Waals surface area (Å²) in [6, 6.07) is 5.60. The van der Waals surface area contributed by atoms with Gasteiger partial charge in [-0.15, -0.1) is 11.3 Å². The maximum absolute atomic E-state index is 12.3. The molecule has 1 aliphatic heterocycles. The summed E-state index contributed by atoms with van der Waals surface area (Å²) in [6.45, 7) is 7.70. The summed E-state index contributed by atoms with van der Waals surface area (Å²) < 4.78 is 5.59. The topological polar surface area (TPSA) is 80.3 Å². The molecule has 2 amide bonds. The molecule has 1 aliphatic rings. The highest BCUT2D eigenvalue weighted by atomic mass is 32.1. The number of aromatic nitrogens is 1. The van der Waals surface area contributed by atoms with Gasteiger partial charge >= 0.3 is 0 Å². The van der Waals surface area contributed by atoms with Gasteiger partial charge in [-0.25, -0.2) is 4.98 Å². The SMILES string of the molecule is CCC(CC)C(=O)Nc1nc(-c2ccc3c(c2)NC(=O)C(C)O3)c(C)s1. The summed E-state index contributed by atoms with van der Waals surface area (Å²) in [5, 5.41) is 6.37. The molecule has 0 spiro atoms. The number of nitrogens with one attached hydrogen (secondary N) is 2. The summed E-state index contributed by atoms with van der Waals surface area (Å²) >= 11 is 1.45. The molecule has 6 nitrogen and oxygen atoms in total. The molecule has 0 aliphatic carbocycles. The molecule has 3 rings (SSSR count). The Morgan fingerprint density at radius 2 is 2.12 bits per heavy atom. The first kappa shape index (κ1) is 18.4. The van der Waals surface area contributed by atoms with E-state index in [0.29, 0.717) is 16.6 Å². The molecule has 2 N–H and O–H groups in total. The molecule has 0 saturated heterocycles. The second-order valence-corrected chi connectivity index (χ2v) is 7.59. The van der Waals surface area contributed by atoms with E-state index in [1.807, 2.05) is 39.0 Å². The number of carbonyl (C=O) groups excluding carboxylic acids is 2. The number of hydrogen-bond donors (Lipinski definition) is 2. The van der Waals surface area contributed by atoms with Crippen LogP contribution in [0.4, 0.5) is 10.8 Å². The minimum Gasteiger partial charge on any atom is -0.479 e. The minimum atomic E-state index is -0.499. The fourth-order valence-corrected chi connectivity index (χ4v) is 3.78. The van der Waals surface area contributed by atoms with Crippen molar-refractivity contribution in [2.45, 2.75) is 46.6 Å². The minimum absolute atomic E-state index is 0.000696. The lowest BCUT2D eigenvalue weighted by molar-refractivity contribution is -0.122. The molecule has 0 saturated carbocycles. The number of carbonyl (C=O) groups is 2. The average Bonchev–Trinajstić information content (AvgIpc) is 2.97. The number of hydrogen-bond acceptors (Lipinski definition) is 5. The van der Waals surface area contributed by atoms with Crippen molar-refractivity contribution in [3.63, 3.8) is 0 Å². The lowest BCUT2D eigenvalue weighted by atomic mass is 10.0. The highest BCUT2D eigenvalue weighted by Crippen LogP contribution is 2.37. The standard InChI is InChI=1S/C19H23N3O3S/c1-5-12(6-2)18(24)22-19-21-16(11(4)26-19)13-7-8-15-14(9-13)20-17(23)10(3)25-15/h7-10,12H,5-6H2,1-4H3,(H,20,23)(H,21,22,24). The largest absolute Gasteiger partial charge is 0.479 e. The van der Waals surface area contributed by atoms with Crippen molar-refractivity contribution < 1.29 is 14.3 Å². The highest BCUT2D eigenvalue weighted by molar-refractivity contribution is 7.16. The lowest BCUT2D eigenvalue weighted by Gasteiger charge is -2.23. The van der Waals surface area contributed by atoms with Gasteiger partial charge < -0.3 is 15.4 Å². The first-order valence-corrected chi connectivity index (χ1v) is 9.64. The normalized spacial score (nSPS) is 16.0. The first-order chi connectivity index (χ1) is 12.4. The first-order valence-electron chi connectivity index (χ1n) is 8.83.